The van der Waals surface area contributed by atoms with E-state index in [4.69, 9.17) is 5.11 Å². The number of amides is 1. The predicted octanol–water partition coefficient (Wildman–Crippen LogP) is 1.51. The lowest BCUT2D eigenvalue weighted by atomic mass is 10.1. The average molecular weight is 237 g/mol. The van der Waals surface area contributed by atoms with Gasteiger partial charge in [-0.25, -0.2) is 0 Å². The van der Waals surface area contributed by atoms with E-state index in [1.54, 1.807) is 30.1 Å². The minimum absolute atomic E-state index is 0.0294. The summed E-state index contributed by atoms with van der Waals surface area (Å²) in [5.41, 5.74) is 0.741. The number of benzene rings is 1. The molecule has 0 saturated heterocycles. The fourth-order valence-electron chi connectivity index (χ4n) is 1.57. The van der Waals surface area contributed by atoms with Crippen molar-refractivity contribution in [2.45, 2.75) is 25.8 Å². The van der Waals surface area contributed by atoms with Crippen LogP contribution in [0.15, 0.2) is 24.3 Å². The summed E-state index contributed by atoms with van der Waals surface area (Å²) in [7, 11) is 1.72. The fourth-order valence-corrected chi connectivity index (χ4v) is 1.57. The first kappa shape index (κ1) is 13.5. The highest BCUT2D eigenvalue weighted by Gasteiger charge is 2.10. The second kappa shape index (κ2) is 6.91. The zero-order valence-corrected chi connectivity index (χ0v) is 10.1. The highest BCUT2D eigenvalue weighted by atomic mass is 16.3. The largest absolute Gasteiger partial charge is 0.508 e. The number of aliphatic hydroxyl groups excluding tert-OH is 1. The molecular formula is C13H19NO3. The topological polar surface area (TPSA) is 60.8 Å². The number of phenolic OH excluding ortho intramolecular Hbond substituents is 1. The SMILES string of the molecule is CN(Cc1ccccc1O)C(=O)CCCCO. The monoisotopic (exact) mass is 237 g/mol. The van der Waals surface area contributed by atoms with Crippen molar-refractivity contribution in [3.05, 3.63) is 29.8 Å². The van der Waals surface area contributed by atoms with Gasteiger partial charge in [-0.2, -0.15) is 0 Å². The van der Waals surface area contributed by atoms with E-state index in [1.165, 1.54) is 0 Å². The molecule has 4 heteroatoms. The Kier molecular flexibility index (Phi) is 5.49. The van der Waals surface area contributed by atoms with E-state index in [1.807, 2.05) is 6.07 Å². The Balaban J connectivity index is 2.46. The van der Waals surface area contributed by atoms with Gasteiger partial charge in [0.05, 0.1) is 0 Å². The molecule has 1 rings (SSSR count). The molecule has 0 radical (unpaired) electrons. The van der Waals surface area contributed by atoms with Crippen LogP contribution in [0.1, 0.15) is 24.8 Å². The van der Waals surface area contributed by atoms with Crippen LogP contribution in [-0.4, -0.2) is 34.7 Å². The van der Waals surface area contributed by atoms with Gasteiger partial charge in [-0.1, -0.05) is 18.2 Å². The highest BCUT2D eigenvalue weighted by Crippen LogP contribution is 2.17. The summed E-state index contributed by atoms with van der Waals surface area (Å²) in [6.07, 6.45) is 1.78. The summed E-state index contributed by atoms with van der Waals surface area (Å²) < 4.78 is 0. The van der Waals surface area contributed by atoms with Crippen molar-refractivity contribution in [1.82, 2.24) is 4.90 Å². The Morgan fingerprint density at radius 1 is 1.29 bits per heavy atom. The maximum atomic E-state index is 11.7. The molecule has 2 N–H and O–H groups in total. The number of aromatic hydroxyl groups is 1. The van der Waals surface area contributed by atoms with Gasteiger partial charge < -0.3 is 15.1 Å². The van der Waals surface area contributed by atoms with Crippen molar-refractivity contribution in [2.24, 2.45) is 0 Å². The smallest absolute Gasteiger partial charge is 0.222 e. The molecule has 0 spiro atoms. The fraction of sp³-hybridized carbons (Fsp3) is 0.462. The van der Waals surface area contributed by atoms with Gasteiger partial charge in [0.1, 0.15) is 5.75 Å². The second-order valence-corrected chi connectivity index (χ2v) is 4.06. The summed E-state index contributed by atoms with van der Waals surface area (Å²) >= 11 is 0. The Morgan fingerprint density at radius 3 is 2.65 bits per heavy atom. The van der Waals surface area contributed by atoms with Gasteiger partial charge in [0.15, 0.2) is 0 Å². The molecule has 17 heavy (non-hydrogen) atoms. The third-order valence-electron chi connectivity index (χ3n) is 2.62. The molecule has 1 amide bonds. The van der Waals surface area contributed by atoms with Crippen molar-refractivity contribution >= 4 is 5.91 Å². The van der Waals surface area contributed by atoms with Crippen LogP contribution in [-0.2, 0) is 11.3 Å². The molecule has 0 saturated carbocycles. The maximum Gasteiger partial charge on any atom is 0.222 e. The van der Waals surface area contributed by atoms with Crippen LogP contribution in [0.3, 0.4) is 0 Å². The Hall–Kier alpha value is -1.55. The zero-order chi connectivity index (χ0) is 12.7. The molecule has 0 aromatic heterocycles. The van der Waals surface area contributed by atoms with Crippen LogP contribution in [0, 0.1) is 0 Å². The van der Waals surface area contributed by atoms with Gasteiger partial charge in [-0.3, -0.25) is 4.79 Å². The molecule has 4 nitrogen and oxygen atoms in total. The van der Waals surface area contributed by atoms with Gasteiger partial charge in [0.25, 0.3) is 0 Å². The van der Waals surface area contributed by atoms with Crippen molar-refractivity contribution in [1.29, 1.82) is 0 Å². The summed E-state index contributed by atoms with van der Waals surface area (Å²) in [4.78, 5) is 13.3. The van der Waals surface area contributed by atoms with Crippen LogP contribution in [0.25, 0.3) is 0 Å². The lowest BCUT2D eigenvalue weighted by Crippen LogP contribution is -2.25. The molecule has 1 aromatic rings. The van der Waals surface area contributed by atoms with Crippen molar-refractivity contribution in [2.75, 3.05) is 13.7 Å². The predicted molar refractivity (Wildman–Crippen MR) is 65.5 cm³/mol. The lowest BCUT2D eigenvalue weighted by Gasteiger charge is -2.17. The summed E-state index contributed by atoms with van der Waals surface area (Å²) in [5.74, 6) is 0.240. The Morgan fingerprint density at radius 2 is 2.00 bits per heavy atom. The Bertz CT molecular complexity index is 365. The van der Waals surface area contributed by atoms with E-state index in [0.29, 0.717) is 25.8 Å². The Labute approximate surface area is 101 Å². The first-order chi connectivity index (χ1) is 8.15. The van der Waals surface area contributed by atoms with E-state index in [-0.39, 0.29) is 18.3 Å². The molecule has 0 heterocycles. The number of carbonyl (C=O) groups excluding carboxylic acids is 1. The minimum atomic E-state index is 0.0294. The minimum Gasteiger partial charge on any atom is -0.508 e. The van der Waals surface area contributed by atoms with Gasteiger partial charge in [0, 0.05) is 32.2 Å². The van der Waals surface area contributed by atoms with E-state index in [0.717, 1.165) is 5.56 Å². The van der Waals surface area contributed by atoms with Gasteiger partial charge in [-0.05, 0) is 18.9 Å². The quantitative estimate of drug-likeness (QED) is 0.737. The molecule has 0 atom stereocenters. The van der Waals surface area contributed by atoms with E-state index >= 15 is 0 Å². The number of nitrogens with zero attached hydrogens (tertiary/aromatic N) is 1. The molecule has 0 aliphatic rings. The third kappa shape index (κ3) is 4.44. The number of rotatable bonds is 6. The molecule has 0 bridgehead atoms. The summed E-state index contributed by atoms with van der Waals surface area (Å²) in [6, 6.07) is 6.99. The third-order valence-corrected chi connectivity index (χ3v) is 2.62. The number of carbonyl (C=O) groups is 1. The van der Waals surface area contributed by atoms with Crippen LogP contribution >= 0.6 is 0 Å². The summed E-state index contributed by atoms with van der Waals surface area (Å²) in [5, 5.41) is 18.2. The molecule has 0 aliphatic heterocycles. The zero-order valence-electron chi connectivity index (χ0n) is 10.1. The number of hydrogen-bond acceptors (Lipinski definition) is 3. The number of phenols is 1. The van der Waals surface area contributed by atoms with Crippen LogP contribution in [0.4, 0.5) is 0 Å². The maximum absolute atomic E-state index is 11.7. The normalized spacial score (nSPS) is 10.2. The highest BCUT2D eigenvalue weighted by molar-refractivity contribution is 5.75. The second-order valence-electron chi connectivity index (χ2n) is 4.06. The number of hydrogen-bond donors (Lipinski definition) is 2. The molecule has 1 aromatic carbocycles. The molecule has 0 unspecified atom stereocenters. The van der Waals surface area contributed by atoms with Crippen LogP contribution < -0.4 is 0 Å². The first-order valence-electron chi connectivity index (χ1n) is 5.77. The molecule has 94 valence electrons. The van der Waals surface area contributed by atoms with Crippen molar-refractivity contribution < 1.29 is 15.0 Å². The van der Waals surface area contributed by atoms with E-state index < -0.39 is 0 Å². The first-order valence-corrected chi connectivity index (χ1v) is 5.77. The van der Waals surface area contributed by atoms with E-state index in [9.17, 15) is 9.90 Å². The molecule has 0 fully saturated rings. The number of unbranched alkanes of at least 4 members (excludes halogenated alkanes) is 1. The van der Waals surface area contributed by atoms with Crippen LogP contribution in [0.5, 0.6) is 5.75 Å². The van der Waals surface area contributed by atoms with Crippen molar-refractivity contribution in [3.63, 3.8) is 0 Å². The standard InChI is InChI=1S/C13H19NO3/c1-14(13(17)8-4-5-9-15)10-11-6-2-3-7-12(11)16/h2-3,6-7,15-16H,4-5,8-10H2,1H3. The van der Waals surface area contributed by atoms with Crippen molar-refractivity contribution in [3.8, 4) is 5.75 Å². The number of aliphatic hydroxyl groups is 1. The van der Waals surface area contributed by atoms with Gasteiger partial charge >= 0.3 is 0 Å². The summed E-state index contributed by atoms with van der Waals surface area (Å²) in [6.45, 7) is 0.529. The van der Waals surface area contributed by atoms with E-state index in [2.05, 4.69) is 0 Å². The average Bonchev–Trinajstić information content (AvgIpc) is 2.32. The van der Waals surface area contributed by atoms with Crippen LogP contribution in [0.2, 0.25) is 0 Å². The number of para-hydroxylation sites is 1. The van der Waals surface area contributed by atoms with Gasteiger partial charge in [0.2, 0.25) is 5.91 Å². The molecular weight excluding hydrogens is 218 g/mol. The van der Waals surface area contributed by atoms with Gasteiger partial charge in [-0.15, -0.1) is 0 Å². The lowest BCUT2D eigenvalue weighted by molar-refractivity contribution is -0.130. The molecule has 0 aliphatic carbocycles.